The molecule has 118 valence electrons. The zero-order valence-electron chi connectivity index (χ0n) is 11.7. The molecule has 0 heterocycles. The molecule has 1 rings (SSSR count). The van der Waals surface area contributed by atoms with Gasteiger partial charge in [0.25, 0.3) is 5.69 Å². The standard InChI is InChI=1S/C13H18ClNO6/c1-18-4-5-19-6-7-20-8-9-21-11-2-3-13(15(16)17)12(14)10-11/h2-3,10H,4-9H2,1H3. The van der Waals surface area contributed by atoms with Crippen molar-refractivity contribution < 1.29 is 23.9 Å². The lowest BCUT2D eigenvalue weighted by Gasteiger charge is -2.08. The van der Waals surface area contributed by atoms with Gasteiger partial charge in [0.1, 0.15) is 17.4 Å². The molecule has 0 aromatic heterocycles. The molecule has 0 spiro atoms. The van der Waals surface area contributed by atoms with E-state index in [2.05, 4.69) is 0 Å². The number of halogens is 1. The van der Waals surface area contributed by atoms with Gasteiger partial charge in [-0.25, -0.2) is 0 Å². The van der Waals surface area contributed by atoms with E-state index in [0.717, 1.165) is 0 Å². The summed E-state index contributed by atoms with van der Waals surface area (Å²) in [5, 5.41) is 10.6. The molecule has 0 saturated carbocycles. The molecule has 0 atom stereocenters. The first kappa shape index (κ1) is 17.6. The maximum atomic E-state index is 10.6. The third-order valence-corrected chi connectivity index (χ3v) is 2.72. The average molecular weight is 320 g/mol. The third-order valence-electron chi connectivity index (χ3n) is 2.42. The van der Waals surface area contributed by atoms with Gasteiger partial charge in [-0.15, -0.1) is 0 Å². The van der Waals surface area contributed by atoms with Crippen molar-refractivity contribution in [2.45, 2.75) is 0 Å². The molecular formula is C13H18ClNO6. The van der Waals surface area contributed by atoms with Gasteiger partial charge in [0.05, 0.1) is 38.0 Å². The Morgan fingerprint density at radius 2 is 1.71 bits per heavy atom. The topological polar surface area (TPSA) is 80.1 Å². The summed E-state index contributed by atoms with van der Waals surface area (Å²) < 4.78 is 20.7. The van der Waals surface area contributed by atoms with Crippen molar-refractivity contribution in [2.24, 2.45) is 0 Å². The number of nitro groups is 1. The highest BCUT2D eigenvalue weighted by Crippen LogP contribution is 2.28. The molecule has 0 aliphatic carbocycles. The zero-order valence-corrected chi connectivity index (χ0v) is 12.5. The molecule has 0 bridgehead atoms. The van der Waals surface area contributed by atoms with E-state index in [-0.39, 0.29) is 10.7 Å². The lowest BCUT2D eigenvalue weighted by molar-refractivity contribution is -0.384. The molecule has 1 aromatic rings. The van der Waals surface area contributed by atoms with Crippen molar-refractivity contribution in [1.82, 2.24) is 0 Å². The van der Waals surface area contributed by atoms with Gasteiger partial charge in [0.15, 0.2) is 0 Å². The summed E-state index contributed by atoms with van der Waals surface area (Å²) in [6, 6.07) is 4.22. The van der Waals surface area contributed by atoms with Crippen LogP contribution < -0.4 is 4.74 Å². The Hall–Kier alpha value is -1.41. The van der Waals surface area contributed by atoms with Gasteiger partial charge < -0.3 is 18.9 Å². The minimum absolute atomic E-state index is 0.0463. The number of nitro benzene ring substituents is 1. The molecule has 0 aliphatic rings. The van der Waals surface area contributed by atoms with Gasteiger partial charge in [-0.2, -0.15) is 0 Å². The lowest BCUT2D eigenvalue weighted by Crippen LogP contribution is -2.12. The molecule has 0 radical (unpaired) electrons. The third kappa shape index (κ3) is 7.24. The van der Waals surface area contributed by atoms with Crippen LogP contribution in [0.15, 0.2) is 18.2 Å². The first-order chi connectivity index (χ1) is 10.1. The maximum absolute atomic E-state index is 10.6. The summed E-state index contributed by atoms with van der Waals surface area (Å²) >= 11 is 5.77. The van der Waals surface area contributed by atoms with Gasteiger partial charge in [0, 0.05) is 19.2 Å². The first-order valence-electron chi connectivity index (χ1n) is 6.36. The Labute approximate surface area is 127 Å². The van der Waals surface area contributed by atoms with E-state index in [0.29, 0.717) is 45.4 Å². The number of rotatable bonds is 11. The van der Waals surface area contributed by atoms with Gasteiger partial charge in [-0.05, 0) is 6.07 Å². The number of benzene rings is 1. The highest BCUT2D eigenvalue weighted by Gasteiger charge is 2.12. The summed E-state index contributed by atoms with van der Waals surface area (Å²) in [7, 11) is 1.61. The fraction of sp³-hybridized carbons (Fsp3) is 0.538. The second kappa shape index (κ2) is 10.3. The molecule has 0 amide bonds. The van der Waals surface area contributed by atoms with E-state index in [1.807, 2.05) is 0 Å². The largest absolute Gasteiger partial charge is 0.491 e. The Balaban J connectivity index is 2.13. The predicted molar refractivity (Wildman–Crippen MR) is 77.1 cm³/mol. The number of methoxy groups -OCH3 is 1. The van der Waals surface area contributed by atoms with Crippen LogP contribution in [-0.4, -0.2) is 51.7 Å². The molecule has 0 aliphatic heterocycles. The molecule has 0 unspecified atom stereocenters. The summed E-state index contributed by atoms with van der Waals surface area (Å²) in [6.45, 7) is 2.77. The molecule has 21 heavy (non-hydrogen) atoms. The molecule has 0 N–H and O–H groups in total. The summed E-state index contributed by atoms with van der Waals surface area (Å²) in [6.07, 6.45) is 0. The van der Waals surface area contributed by atoms with Crippen LogP contribution in [0.25, 0.3) is 0 Å². The van der Waals surface area contributed by atoms with E-state index in [1.165, 1.54) is 18.2 Å². The monoisotopic (exact) mass is 319 g/mol. The van der Waals surface area contributed by atoms with Crippen molar-refractivity contribution >= 4 is 17.3 Å². The molecule has 8 heteroatoms. The molecule has 0 saturated heterocycles. The Morgan fingerprint density at radius 3 is 2.29 bits per heavy atom. The van der Waals surface area contributed by atoms with Crippen molar-refractivity contribution in [3.8, 4) is 5.75 Å². The average Bonchev–Trinajstić information content (AvgIpc) is 2.45. The zero-order chi connectivity index (χ0) is 15.5. The van der Waals surface area contributed by atoms with Crippen LogP contribution in [0.3, 0.4) is 0 Å². The highest BCUT2D eigenvalue weighted by atomic mass is 35.5. The molecular weight excluding hydrogens is 302 g/mol. The maximum Gasteiger partial charge on any atom is 0.288 e. The van der Waals surface area contributed by atoms with Crippen LogP contribution in [0.4, 0.5) is 5.69 Å². The van der Waals surface area contributed by atoms with E-state index in [9.17, 15) is 10.1 Å². The van der Waals surface area contributed by atoms with Gasteiger partial charge in [0.2, 0.25) is 0 Å². The van der Waals surface area contributed by atoms with E-state index in [1.54, 1.807) is 7.11 Å². The van der Waals surface area contributed by atoms with Crippen LogP contribution in [0.5, 0.6) is 5.75 Å². The Morgan fingerprint density at radius 1 is 1.10 bits per heavy atom. The highest BCUT2D eigenvalue weighted by molar-refractivity contribution is 6.32. The normalized spacial score (nSPS) is 10.6. The smallest absolute Gasteiger partial charge is 0.288 e. The predicted octanol–water partition coefficient (Wildman–Crippen LogP) is 2.31. The van der Waals surface area contributed by atoms with Crippen molar-refractivity contribution in [3.05, 3.63) is 33.3 Å². The molecule has 7 nitrogen and oxygen atoms in total. The number of hydrogen-bond acceptors (Lipinski definition) is 6. The second-order valence-electron chi connectivity index (χ2n) is 3.94. The van der Waals surface area contributed by atoms with E-state index in [4.69, 9.17) is 30.5 Å². The van der Waals surface area contributed by atoms with Crippen LogP contribution in [0.2, 0.25) is 5.02 Å². The fourth-order valence-electron chi connectivity index (χ4n) is 1.41. The van der Waals surface area contributed by atoms with Crippen LogP contribution in [0, 0.1) is 10.1 Å². The Kier molecular flexibility index (Phi) is 8.68. The van der Waals surface area contributed by atoms with Crippen LogP contribution in [0.1, 0.15) is 0 Å². The first-order valence-corrected chi connectivity index (χ1v) is 6.74. The van der Waals surface area contributed by atoms with Crippen molar-refractivity contribution in [1.29, 1.82) is 0 Å². The molecule has 0 fully saturated rings. The number of hydrogen-bond donors (Lipinski definition) is 0. The van der Waals surface area contributed by atoms with Gasteiger partial charge in [-0.3, -0.25) is 10.1 Å². The van der Waals surface area contributed by atoms with Gasteiger partial charge >= 0.3 is 0 Å². The summed E-state index contributed by atoms with van der Waals surface area (Å²) in [5.74, 6) is 0.463. The summed E-state index contributed by atoms with van der Waals surface area (Å²) in [5.41, 5.74) is -0.145. The van der Waals surface area contributed by atoms with Crippen molar-refractivity contribution in [2.75, 3.05) is 46.8 Å². The number of nitrogens with zero attached hydrogens (tertiary/aromatic N) is 1. The Bertz CT molecular complexity index is 443. The lowest BCUT2D eigenvalue weighted by atomic mass is 10.3. The minimum Gasteiger partial charge on any atom is -0.491 e. The van der Waals surface area contributed by atoms with Crippen molar-refractivity contribution in [3.63, 3.8) is 0 Å². The minimum atomic E-state index is -0.543. The van der Waals surface area contributed by atoms with Gasteiger partial charge in [-0.1, -0.05) is 11.6 Å². The SMILES string of the molecule is COCCOCCOCCOc1ccc([N+](=O)[O-])c(Cl)c1. The summed E-state index contributed by atoms with van der Waals surface area (Å²) in [4.78, 5) is 10.1. The quantitative estimate of drug-likeness (QED) is 0.354. The van der Waals surface area contributed by atoms with E-state index >= 15 is 0 Å². The van der Waals surface area contributed by atoms with E-state index < -0.39 is 4.92 Å². The van der Waals surface area contributed by atoms with Crippen LogP contribution >= 0.6 is 11.6 Å². The number of ether oxygens (including phenoxy) is 4. The van der Waals surface area contributed by atoms with Crippen LogP contribution in [-0.2, 0) is 14.2 Å². The molecule has 1 aromatic carbocycles. The second-order valence-corrected chi connectivity index (χ2v) is 4.34. The fourth-order valence-corrected chi connectivity index (χ4v) is 1.65.